The van der Waals surface area contributed by atoms with Crippen LogP contribution in [0, 0.1) is 0 Å². The molecule has 1 aromatic heterocycles. The first kappa shape index (κ1) is 17.3. The van der Waals surface area contributed by atoms with Crippen LogP contribution in [0.25, 0.3) is 10.9 Å². The van der Waals surface area contributed by atoms with Crippen molar-refractivity contribution in [3.05, 3.63) is 60.3 Å². The predicted molar refractivity (Wildman–Crippen MR) is 105 cm³/mol. The van der Waals surface area contributed by atoms with Crippen LogP contribution in [0.4, 0.5) is 5.69 Å². The van der Waals surface area contributed by atoms with Crippen LogP contribution >= 0.6 is 0 Å². The molecule has 3 aromatic rings. The first-order chi connectivity index (χ1) is 13.1. The first-order valence-electron chi connectivity index (χ1n) is 9.22. The Morgan fingerprint density at radius 1 is 1.07 bits per heavy atom. The highest BCUT2D eigenvalue weighted by Crippen LogP contribution is 2.37. The van der Waals surface area contributed by atoms with E-state index in [0.717, 1.165) is 29.4 Å². The van der Waals surface area contributed by atoms with Gasteiger partial charge in [0.15, 0.2) is 0 Å². The molecule has 0 aliphatic carbocycles. The summed E-state index contributed by atoms with van der Waals surface area (Å²) in [5.41, 5.74) is 2.64. The Balaban J connectivity index is 1.72. The lowest BCUT2D eigenvalue weighted by Gasteiger charge is -2.15. The predicted octanol–water partition coefficient (Wildman–Crippen LogP) is 4.11. The molecule has 5 heteroatoms. The number of para-hydroxylation sites is 1. The van der Waals surface area contributed by atoms with E-state index in [9.17, 15) is 9.59 Å². The summed E-state index contributed by atoms with van der Waals surface area (Å²) in [5, 5.41) is 1.05. The Labute approximate surface area is 158 Å². The van der Waals surface area contributed by atoms with Crippen LogP contribution < -0.4 is 9.64 Å². The van der Waals surface area contributed by atoms with E-state index in [4.69, 9.17) is 4.74 Å². The number of imide groups is 1. The molecule has 0 bridgehead atoms. The molecule has 1 atom stereocenters. The van der Waals surface area contributed by atoms with Gasteiger partial charge in [0.25, 0.3) is 0 Å². The zero-order valence-electron chi connectivity index (χ0n) is 15.5. The largest absolute Gasteiger partial charge is 0.497 e. The average molecular weight is 362 g/mol. The number of aryl methyl sites for hydroxylation is 1. The maximum absolute atomic E-state index is 13.1. The fraction of sp³-hybridized carbons (Fsp3) is 0.273. The van der Waals surface area contributed by atoms with Crippen molar-refractivity contribution >= 4 is 28.4 Å². The van der Waals surface area contributed by atoms with Gasteiger partial charge >= 0.3 is 0 Å². The van der Waals surface area contributed by atoms with Gasteiger partial charge < -0.3 is 9.30 Å². The first-order valence-corrected chi connectivity index (χ1v) is 9.22. The second-order valence-electron chi connectivity index (χ2n) is 6.82. The molecular formula is C22H22N2O3. The molecule has 138 valence electrons. The molecule has 5 nitrogen and oxygen atoms in total. The number of methoxy groups -OCH3 is 1. The third kappa shape index (κ3) is 2.89. The Morgan fingerprint density at radius 2 is 1.81 bits per heavy atom. The normalized spacial score (nSPS) is 17.1. The molecule has 1 fully saturated rings. The van der Waals surface area contributed by atoms with Crippen LogP contribution in [-0.4, -0.2) is 23.5 Å². The Kier molecular flexibility index (Phi) is 4.44. The third-order valence-corrected chi connectivity index (χ3v) is 5.14. The van der Waals surface area contributed by atoms with E-state index in [2.05, 4.69) is 17.6 Å². The summed E-state index contributed by atoms with van der Waals surface area (Å²) < 4.78 is 7.34. The number of carbonyl (C=O) groups is 2. The number of fused-ring (bicyclic) bond motifs is 1. The van der Waals surface area contributed by atoms with Gasteiger partial charge in [0.1, 0.15) is 5.75 Å². The van der Waals surface area contributed by atoms with Crippen molar-refractivity contribution in [2.75, 3.05) is 12.0 Å². The van der Waals surface area contributed by atoms with E-state index in [-0.39, 0.29) is 18.2 Å². The fourth-order valence-corrected chi connectivity index (χ4v) is 3.86. The molecule has 0 radical (unpaired) electrons. The van der Waals surface area contributed by atoms with Gasteiger partial charge in [-0.15, -0.1) is 0 Å². The van der Waals surface area contributed by atoms with Crippen molar-refractivity contribution in [1.29, 1.82) is 0 Å². The summed E-state index contributed by atoms with van der Waals surface area (Å²) in [7, 11) is 1.59. The average Bonchev–Trinajstić information content (AvgIpc) is 3.19. The molecule has 0 spiro atoms. The Hall–Kier alpha value is -3.08. The summed E-state index contributed by atoms with van der Waals surface area (Å²) in [4.78, 5) is 27.1. The molecule has 0 saturated carbocycles. The van der Waals surface area contributed by atoms with Gasteiger partial charge in [0.2, 0.25) is 11.8 Å². The number of ether oxygens (including phenoxy) is 1. The van der Waals surface area contributed by atoms with E-state index in [1.807, 2.05) is 24.4 Å². The molecule has 27 heavy (non-hydrogen) atoms. The summed E-state index contributed by atoms with van der Waals surface area (Å²) in [6.45, 7) is 3.02. The molecule has 0 N–H and O–H groups in total. The molecule has 2 aromatic carbocycles. The Bertz CT molecular complexity index is 1000. The summed E-state index contributed by atoms with van der Waals surface area (Å²) in [6, 6.07) is 15.1. The highest BCUT2D eigenvalue weighted by atomic mass is 16.5. The highest BCUT2D eigenvalue weighted by molar-refractivity contribution is 6.23. The fourth-order valence-electron chi connectivity index (χ4n) is 3.86. The van der Waals surface area contributed by atoms with Crippen LogP contribution in [0.1, 0.15) is 31.2 Å². The third-order valence-electron chi connectivity index (χ3n) is 5.14. The van der Waals surface area contributed by atoms with Crippen LogP contribution in [-0.2, 0) is 16.1 Å². The van der Waals surface area contributed by atoms with Gasteiger partial charge in [-0.05, 0) is 42.3 Å². The van der Waals surface area contributed by atoms with Crippen LogP contribution in [0.5, 0.6) is 5.75 Å². The van der Waals surface area contributed by atoms with Crippen molar-refractivity contribution in [2.24, 2.45) is 0 Å². The minimum absolute atomic E-state index is 0.162. The zero-order valence-corrected chi connectivity index (χ0v) is 15.5. The number of anilines is 1. The molecule has 4 rings (SSSR count). The number of hydrogen-bond donors (Lipinski definition) is 0. The molecule has 1 unspecified atom stereocenters. The van der Waals surface area contributed by atoms with Crippen molar-refractivity contribution in [3.8, 4) is 5.75 Å². The molecule has 1 aliphatic rings. The number of aromatic nitrogens is 1. The van der Waals surface area contributed by atoms with Crippen LogP contribution in [0.2, 0.25) is 0 Å². The van der Waals surface area contributed by atoms with Crippen molar-refractivity contribution in [3.63, 3.8) is 0 Å². The second-order valence-corrected chi connectivity index (χ2v) is 6.82. The summed E-state index contributed by atoms with van der Waals surface area (Å²) in [6.07, 6.45) is 3.25. The minimum atomic E-state index is -0.442. The zero-order chi connectivity index (χ0) is 19.0. The number of hydrogen-bond acceptors (Lipinski definition) is 3. The number of rotatable bonds is 5. The molecule has 1 aliphatic heterocycles. The topological polar surface area (TPSA) is 51.5 Å². The molecule has 2 amide bonds. The standard InChI is InChI=1S/C22H22N2O3/c1-3-12-23-14-19(17-6-4-5-7-20(17)23)18-13-21(25)24(22(18)26)15-8-10-16(27-2)11-9-15/h4-11,14,18H,3,12-13H2,1-2H3. The van der Waals surface area contributed by atoms with Crippen molar-refractivity contribution < 1.29 is 14.3 Å². The van der Waals surface area contributed by atoms with Gasteiger partial charge in [0, 0.05) is 30.1 Å². The van der Waals surface area contributed by atoms with Crippen molar-refractivity contribution in [1.82, 2.24) is 4.57 Å². The van der Waals surface area contributed by atoms with E-state index in [0.29, 0.717) is 11.4 Å². The van der Waals surface area contributed by atoms with E-state index < -0.39 is 5.92 Å². The van der Waals surface area contributed by atoms with E-state index in [1.54, 1.807) is 31.4 Å². The maximum atomic E-state index is 13.1. The quantitative estimate of drug-likeness (QED) is 0.642. The summed E-state index contributed by atoms with van der Waals surface area (Å²) in [5.74, 6) is -0.0771. The SMILES string of the molecule is CCCn1cc(C2CC(=O)N(c3ccc(OC)cc3)C2=O)c2ccccc21. The van der Waals surface area contributed by atoms with E-state index in [1.165, 1.54) is 4.90 Å². The minimum Gasteiger partial charge on any atom is -0.497 e. The number of amides is 2. The van der Waals surface area contributed by atoms with E-state index >= 15 is 0 Å². The lowest BCUT2D eigenvalue weighted by Crippen LogP contribution is -2.29. The molecule has 1 saturated heterocycles. The molecule has 2 heterocycles. The lowest BCUT2D eigenvalue weighted by atomic mass is 9.97. The smallest absolute Gasteiger partial charge is 0.241 e. The summed E-state index contributed by atoms with van der Waals surface area (Å²) >= 11 is 0. The monoisotopic (exact) mass is 362 g/mol. The molecular weight excluding hydrogens is 340 g/mol. The Morgan fingerprint density at radius 3 is 2.52 bits per heavy atom. The van der Waals surface area contributed by atoms with Gasteiger partial charge in [-0.25, -0.2) is 0 Å². The lowest BCUT2D eigenvalue weighted by molar-refractivity contribution is -0.121. The second kappa shape index (κ2) is 6.91. The van der Waals surface area contributed by atoms with Crippen LogP contribution in [0.15, 0.2) is 54.7 Å². The maximum Gasteiger partial charge on any atom is 0.241 e. The number of carbonyl (C=O) groups excluding carboxylic acids is 2. The van der Waals surface area contributed by atoms with Gasteiger partial charge in [-0.3, -0.25) is 14.5 Å². The highest BCUT2D eigenvalue weighted by Gasteiger charge is 2.41. The van der Waals surface area contributed by atoms with Gasteiger partial charge in [-0.1, -0.05) is 25.1 Å². The van der Waals surface area contributed by atoms with Crippen LogP contribution in [0.3, 0.4) is 0 Å². The van der Waals surface area contributed by atoms with Gasteiger partial charge in [0.05, 0.1) is 18.7 Å². The van der Waals surface area contributed by atoms with Crippen molar-refractivity contribution in [2.45, 2.75) is 32.2 Å². The number of nitrogens with zero attached hydrogens (tertiary/aromatic N) is 2. The number of benzene rings is 2. The van der Waals surface area contributed by atoms with Gasteiger partial charge in [-0.2, -0.15) is 0 Å².